The number of hydrogen-bond donors (Lipinski definition) is 2. The highest BCUT2D eigenvalue weighted by Gasteiger charge is 2.21. The Morgan fingerprint density at radius 1 is 1.28 bits per heavy atom. The molecule has 2 aromatic heterocycles. The largest absolute Gasteiger partial charge is 0.356 e. The summed E-state index contributed by atoms with van der Waals surface area (Å²) in [6, 6.07) is 14.7. The van der Waals surface area contributed by atoms with Gasteiger partial charge in [0.2, 0.25) is 0 Å². The highest BCUT2D eigenvalue weighted by atomic mass is 127. The minimum absolute atomic E-state index is 0. The van der Waals surface area contributed by atoms with Gasteiger partial charge in [-0.25, -0.2) is 4.98 Å². The van der Waals surface area contributed by atoms with Crippen LogP contribution in [0.5, 0.6) is 0 Å². The summed E-state index contributed by atoms with van der Waals surface area (Å²) in [6.07, 6.45) is 4.44. The Morgan fingerprint density at radius 2 is 2.12 bits per heavy atom. The molecule has 1 fully saturated rings. The molecule has 172 valence electrons. The second kappa shape index (κ2) is 12.4. The monoisotopic (exact) mass is 564 g/mol. The molecule has 0 radical (unpaired) electrons. The predicted molar refractivity (Wildman–Crippen MR) is 145 cm³/mol. The van der Waals surface area contributed by atoms with E-state index in [1.807, 2.05) is 42.8 Å². The highest BCUT2D eigenvalue weighted by molar-refractivity contribution is 14.0. The molecule has 6 nitrogen and oxygen atoms in total. The normalized spacial score (nSPS) is 17.1. The van der Waals surface area contributed by atoms with Gasteiger partial charge in [0.05, 0.1) is 18.4 Å². The molecule has 1 saturated heterocycles. The van der Waals surface area contributed by atoms with E-state index in [-0.39, 0.29) is 24.0 Å². The molecule has 0 saturated carbocycles. The van der Waals surface area contributed by atoms with Crippen LogP contribution in [0.2, 0.25) is 0 Å². The lowest BCUT2D eigenvalue weighted by molar-refractivity contribution is 0.169. The van der Waals surface area contributed by atoms with Crippen molar-refractivity contribution in [3.63, 3.8) is 0 Å². The minimum Gasteiger partial charge on any atom is -0.356 e. The van der Waals surface area contributed by atoms with Gasteiger partial charge in [0.1, 0.15) is 5.82 Å². The number of rotatable bonds is 7. The summed E-state index contributed by atoms with van der Waals surface area (Å²) in [5.74, 6) is 2.49. The summed E-state index contributed by atoms with van der Waals surface area (Å²) in [4.78, 5) is 18.6. The lowest BCUT2D eigenvalue weighted by atomic mass is 9.98. The molecule has 4 rings (SSSR count). The number of aliphatic imine (C=N–C) groups is 1. The van der Waals surface area contributed by atoms with Gasteiger partial charge in [-0.15, -0.1) is 35.3 Å². The lowest BCUT2D eigenvalue weighted by Gasteiger charge is -2.33. The van der Waals surface area contributed by atoms with Crippen molar-refractivity contribution < 1.29 is 0 Å². The molecule has 8 heteroatoms. The molecule has 0 amide bonds. The van der Waals surface area contributed by atoms with Crippen LogP contribution in [0.4, 0.5) is 0 Å². The van der Waals surface area contributed by atoms with Gasteiger partial charge in [-0.3, -0.25) is 9.89 Å². The maximum atomic E-state index is 4.56. The number of halogens is 1. The van der Waals surface area contributed by atoms with E-state index in [1.165, 1.54) is 24.3 Å². The molecule has 1 aliphatic heterocycles. The predicted octanol–water partition coefficient (Wildman–Crippen LogP) is 4.68. The number of guanidine groups is 1. The number of thiophene rings is 1. The zero-order chi connectivity index (χ0) is 21.5. The number of likely N-dealkylation sites (tertiary alicyclic amines) is 1. The van der Waals surface area contributed by atoms with Crippen molar-refractivity contribution in [1.29, 1.82) is 0 Å². The summed E-state index contributed by atoms with van der Waals surface area (Å²) < 4.78 is 0. The van der Waals surface area contributed by atoms with Crippen molar-refractivity contribution in [2.45, 2.75) is 25.9 Å². The van der Waals surface area contributed by atoms with Crippen LogP contribution in [0.3, 0.4) is 0 Å². The van der Waals surface area contributed by atoms with Crippen molar-refractivity contribution in [3.8, 4) is 11.3 Å². The smallest absolute Gasteiger partial charge is 0.193 e. The van der Waals surface area contributed by atoms with Crippen molar-refractivity contribution in [3.05, 3.63) is 64.7 Å². The molecule has 1 aliphatic rings. The van der Waals surface area contributed by atoms with Gasteiger partial charge in [0.15, 0.2) is 5.96 Å². The Kier molecular flexibility index (Phi) is 9.55. The van der Waals surface area contributed by atoms with E-state index in [0.717, 1.165) is 42.7 Å². The van der Waals surface area contributed by atoms with Gasteiger partial charge in [-0.2, -0.15) is 0 Å². The quantitative estimate of drug-likeness (QED) is 0.249. The Morgan fingerprint density at radius 3 is 2.88 bits per heavy atom. The van der Waals surface area contributed by atoms with E-state index in [9.17, 15) is 0 Å². The van der Waals surface area contributed by atoms with Crippen molar-refractivity contribution in [2.24, 2.45) is 10.9 Å². The van der Waals surface area contributed by atoms with Gasteiger partial charge in [-0.1, -0.05) is 36.4 Å². The number of imidazole rings is 1. The Balaban J connectivity index is 0.00000289. The van der Waals surface area contributed by atoms with Crippen LogP contribution < -0.4 is 5.32 Å². The average Bonchev–Trinajstić information content (AvgIpc) is 3.47. The zero-order valence-electron chi connectivity index (χ0n) is 18.8. The minimum atomic E-state index is 0. The topological polar surface area (TPSA) is 59.6 Å². The molecule has 1 aromatic carbocycles. The molecule has 3 heterocycles. The maximum absolute atomic E-state index is 4.56. The zero-order valence-corrected chi connectivity index (χ0v) is 22.0. The molecule has 0 bridgehead atoms. The van der Waals surface area contributed by atoms with E-state index >= 15 is 0 Å². The van der Waals surface area contributed by atoms with E-state index in [2.05, 4.69) is 66.8 Å². The molecule has 1 unspecified atom stereocenters. The van der Waals surface area contributed by atoms with Gasteiger partial charge in [-0.05, 0) is 42.3 Å². The van der Waals surface area contributed by atoms with Crippen LogP contribution in [-0.4, -0.2) is 59.5 Å². The van der Waals surface area contributed by atoms with Crippen LogP contribution in [0.25, 0.3) is 11.3 Å². The molecule has 0 aliphatic carbocycles. The summed E-state index contributed by atoms with van der Waals surface area (Å²) >= 11 is 1.85. The second-order valence-corrected chi connectivity index (χ2v) is 9.25. The fourth-order valence-corrected chi connectivity index (χ4v) is 4.96. The van der Waals surface area contributed by atoms with Crippen LogP contribution in [0.15, 0.2) is 59.0 Å². The van der Waals surface area contributed by atoms with E-state index in [1.54, 1.807) is 0 Å². The molecule has 0 spiro atoms. The summed E-state index contributed by atoms with van der Waals surface area (Å²) in [5, 5.41) is 5.75. The first-order valence-corrected chi connectivity index (χ1v) is 11.8. The Labute approximate surface area is 212 Å². The number of aromatic amines is 1. The molecule has 32 heavy (non-hydrogen) atoms. The summed E-state index contributed by atoms with van der Waals surface area (Å²) in [7, 11) is 3.91. The first-order chi connectivity index (χ1) is 15.2. The Hall–Kier alpha value is -1.91. The first-order valence-electron chi connectivity index (χ1n) is 11.0. The fourth-order valence-electron chi connectivity index (χ4n) is 4.21. The third kappa shape index (κ3) is 6.79. The average molecular weight is 565 g/mol. The maximum Gasteiger partial charge on any atom is 0.193 e. The SMILES string of the molecule is CN=C(NCC1CCCN(Cc2cccs2)C1)N(C)Cc1ncc(-c2ccccc2)[nH]1.I. The Bertz CT molecular complexity index is 956. The van der Waals surface area contributed by atoms with Crippen LogP contribution in [0, 0.1) is 5.92 Å². The van der Waals surface area contributed by atoms with Gasteiger partial charge in [0.25, 0.3) is 0 Å². The van der Waals surface area contributed by atoms with Crippen LogP contribution in [-0.2, 0) is 13.1 Å². The molecule has 2 N–H and O–H groups in total. The van der Waals surface area contributed by atoms with Crippen molar-refractivity contribution in [2.75, 3.05) is 33.7 Å². The number of hydrogen-bond acceptors (Lipinski definition) is 4. The van der Waals surface area contributed by atoms with E-state index in [0.29, 0.717) is 12.5 Å². The standard InChI is InChI=1S/C24H32N6S.HI/c1-25-24(27-14-19-8-6-12-30(16-19)17-21-11-7-13-31-21)29(2)18-23-26-15-22(28-23)20-9-4-3-5-10-20;/h3-5,7,9-11,13,15,19H,6,8,12,14,16-18H2,1-2H3,(H,25,27)(H,26,28);1H. The molecule has 3 aromatic rings. The van der Waals surface area contributed by atoms with E-state index < -0.39 is 0 Å². The molecular formula is C24H33IN6S. The van der Waals surface area contributed by atoms with E-state index in [4.69, 9.17) is 0 Å². The van der Waals surface area contributed by atoms with Gasteiger partial charge in [0, 0.05) is 38.6 Å². The number of nitrogens with zero attached hydrogens (tertiary/aromatic N) is 4. The fraction of sp³-hybridized carbons (Fsp3) is 0.417. The first kappa shape index (κ1) is 24.7. The van der Waals surface area contributed by atoms with Crippen LogP contribution in [0.1, 0.15) is 23.5 Å². The summed E-state index contributed by atoms with van der Waals surface area (Å²) in [6.45, 7) is 5.05. The lowest BCUT2D eigenvalue weighted by Crippen LogP contribution is -2.44. The number of aromatic nitrogens is 2. The van der Waals surface area contributed by atoms with Crippen molar-refractivity contribution >= 4 is 41.3 Å². The molecule has 1 atom stereocenters. The number of benzene rings is 1. The number of nitrogens with one attached hydrogen (secondary N) is 2. The van der Waals surface area contributed by atoms with Crippen LogP contribution >= 0.6 is 35.3 Å². The molecular weight excluding hydrogens is 531 g/mol. The van der Waals surface area contributed by atoms with Crippen molar-refractivity contribution in [1.82, 2.24) is 25.1 Å². The highest BCUT2D eigenvalue weighted by Crippen LogP contribution is 2.20. The third-order valence-electron chi connectivity index (χ3n) is 5.79. The van der Waals surface area contributed by atoms with Gasteiger partial charge >= 0.3 is 0 Å². The second-order valence-electron chi connectivity index (χ2n) is 8.22. The van der Waals surface area contributed by atoms with Gasteiger partial charge < -0.3 is 15.2 Å². The third-order valence-corrected chi connectivity index (χ3v) is 6.65. The summed E-state index contributed by atoms with van der Waals surface area (Å²) in [5.41, 5.74) is 2.19. The number of piperidine rings is 1. The number of H-pyrrole nitrogens is 1.